The summed E-state index contributed by atoms with van der Waals surface area (Å²) < 4.78 is 0. The van der Waals surface area contributed by atoms with Crippen LogP contribution in [0, 0.1) is 13.8 Å². The molecule has 0 saturated carbocycles. The SMILES string of the molecule is COOCc1ccc(-c2c3nc(c(-c4c(Cl)cc(C)cc4Cl)c4[nH]c(c(Cl)c4Cl)c(-c4ccc(C(=O)O)cc4)c4nc(c(-c5c(Cl)cc(C)cc5Cl)c5[nH]c2c(Cl)c5Cl)C(Cl)=C4Cl)C(Cl)=C3Cl)cc1. The lowest BCUT2D eigenvalue weighted by Gasteiger charge is -2.12. The van der Waals surface area contributed by atoms with Crippen molar-refractivity contribution in [3.63, 3.8) is 0 Å². The lowest BCUT2D eigenvalue weighted by molar-refractivity contribution is -0.282. The smallest absolute Gasteiger partial charge is 0.335 e. The highest BCUT2D eigenvalue weighted by molar-refractivity contribution is 6.67. The molecule has 0 aliphatic carbocycles. The van der Waals surface area contributed by atoms with Crippen LogP contribution in [0.5, 0.6) is 0 Å². The number of hydrogen-bond donors (Lipinski definition) is 3. The molecule has 0 amide bonds. The number of carboxylic acid groups (broad SMARTS) is 1. The number of aromatic nitrogens is 4. The van der Waals surface area contributed by atoms with E-state index >= 15 is 0 Å². The van der Waals surface area contributed by atoms with Crippen LogP contribution in [-0.4, -0.2) is 38.1 Å². The summed E-state index contributed by atoms with van der Waals surface area (Å²) in [5, 5.41) is 10.5. The summed E-state index contributed by atoms with van der Waals surface area (Å²) in [5.41, 5.74) is 5.65. The van der Waals surface area contributed by atoms with Crippen LogP contribution in [0.15, 0.2) is 72.8 Å². The van der Waals surface area contributed by atoms with E-state index in [0.29, 0.717) is 16.7 Å². The second-order valence-corrected chi connectivity index (χ2v) is 20.2. The minimum Gasteiger partial charge on any atom is -0.478 e. The third kappa shape index (κ3) is 8.83. The van der Waals surface area contributed by atoms with Crippen molar-refractivity contribution < 1.29 is 19.7 Å². The monoisotopic (exact) mass is 1150 g/mol. The molecule has 0 spiro atoms. The number of benzene rings is 4. The first-order valence-electron chi connectivity index (χ1n) is 20.0. The van der Waals surface area contributed by atoms with Crippen LogP contribution in [-0.2, 0) is 16.4 Å². The maximum absolute atomic E-state index is 12.1. The normalized spacial score (nSPS) is 12.7. The highest BCUT2D eigenvalue weighted by Crippen LogP contribution is 2.54. The number of rotatable bonds is 8. The number of carbonyl (C=O) groups is 1. The van der Waals surface area contributed by atoms with Gasteiger partial charge in [-0.05, 0) is 78.1 Å². The first kappa shape index (κ1) is 50.3. The van der Waals surface area contributed by atoms with Crippen LogP contribution < -0.4 is 0 Å². The molecule has 69 heavy (non-hydrogen) atoms. The fourth-order valence-electron chi connectivity index (χ4n) is 8.17. The molecule has 0 atom stereocenters. The molecule has 7 aromatic rings. The van der Waals surface area contributed by atoms with Crippen LogP contribution >= 0.6 is 139 Å². The van der Waals surface area contributed by atoms with Gasteiger partial charge in [-0.3, -0.25) is 0 Å². The summed E-state index contributed by atoms with van der Waals surface area (Å²) in [7, 11) is 1.41. The third-order valence-corrected chi connectivity index (χ3v) is 15.8. The number of fused-ring (bicyclic) bond motifs is 8. The van der Waals surface area contributed by atoms with Crippen molar-refractivity contribution in [2.45, 2.75) is 20.5 Å². The van der Waals surface area contributed by atoms with Crippen LogP contribution in [0.2, 0.25) is 40.2 Å². The van der Waals surface area contributed by atoms with Gasteiger partial charge in [0, 0.05) is 33.4 Å². The van der Waals surface area contributed by atoms with Gasteiger partial charge in [0.15, 0.2) is 0 Å². The number of nitrogens with one attached hydrogen (secondary N) is 2. The molecule has 350 valence electrons. The van der Waals surface area contributed by atoms with Crippen LogP contribution in [0.25, 0.3) is 86.7 Å². The molecular weight excluding hydrogens is 1130 g/mol. The molecule has 0 fully saturated rings. The van der Waals surface area contributed by atoms with E-state index in [-0.39, 0.29) is 145 Å². The Morgan fingerprint density at radius 1 is 0.493 bits per heavy atom. The number of aryl methyl sites for hydroxylation is 2. The first-order valence-corrected chi connectivity index (χ1v) is 24.5. The molecule has 0 saturated heterocycles. The Morgan fingerprint density at radius 2 is 0.812 bits per heavy atom. The Morgan fingerprint density at radius 3 is 1.14 bits per heavy atom. The molecule has 0 unspecified atom stereocenters. The maximum Gasteiger partial charge on any atom is 0.335 e. The summed E-state index contributed by atoms with van der Waals surface area (Å²) in [6, 6.07) is 20.0. The van der Waals surface area contributed by atoms with E-state index in [4.69, 9.17) is 159 Å². The Kier molecular flexibility index (Phi) is 14.4. The number of H-pyrrole nitrogens is 2. The van der Waals surface area contributed by atoms with Crippen molar-refractivity contribution >= 4 is 187 Å². The van der Waals surface area contributed by atoms with E-state index in [9.17, 15) is 9.90 Å². The molecular formula is C49H26Cl12N4O4. The maximum atomic E-state index is 12.1. The Balaban J connectivity index is 1.62. The largest absolute Gasteiger partial charge is 0.478 e. The van der Waals surface area contributed by atoms with E-state index in [1.54, 1.807) is 48.5 Å². The molecule has 4 aromatic carbocycles. The highest BCUT2D eigenvalue weighted by atomic mass is 35.5. The first-order chi connectivity index (χ1) is 32.8. The van der Waals surface area contributed by atoms with Crippen molar-refractivity contribution in [2.75, 3.05) is 7.11 Å². The summed E-state index contributed by atoms with van der Waals surface area (Å²) >= 11 is 87.4. The molecule has 2 aliphatic heterocycles. The Labute approximate surface area is 453 Å². The van der Waals surface area contributed by atoms with Crippen molar-refractivity contribution in [2.24, 2.45) is 0 Å². The van der Waals surface area contributed by atoms with Gasteiger partial charge in [0.05, 0.1) is 118 Å². The number of halogens is 12. The molecule has 5 heterocycles. The van der Waals surface area contributed by atoms with Gasteiger partial charge in [-0.2, -0.15) is 0 Å². The van der Waals surface area contributed by atoms with Gasteiger partial charge in [-0.1, -0.05) is 176 Å². The summed E-state index contributed by atoms with van der Waals surface area (Å²) in [6.45, 7) is 3.79. The van der Waals surface area contributed by atoms with E-state index in [0.717, 1.165) is 16.7 Å². The standard InChI is InChI=1S/C49H26Cl12N4O4/c1-17-12-23(50)29(24(51)13-17)31-45-37(58)33(54)41(62-45)27(20-6-4-19(5-7-20)16-69-68-3)42-34(55)38(59)46(63-42)32(30-25(52)14-18(2)15-26(30)53)48-40(61)36(57)44(65-48)28(43-35(56)39(60)47(31)64-43)21-8-10-22(11-9-21)49(66)67/h4-15,62,65H,16H2,1-3H3,(H,66,67). The van der Waals surface area contributed by atoms with Gasteiger partial charge in [0.1, 0.15) is 6.61 Å². The van der Waals surface area contributed by atoms with Gasteiger partial charge < -0.3 is 15.1 Å². The van der Waals surface area contributed by atoms with Crippen LogP contribution in [0.3, 0.4) is 0 Å². The number of carboxylic acids is 1. The summed E-state index contributed by atoms with van der Waals surface area (Å²) in [6.07, 6.45) is 0. The average Bonchev–Trinajstić information content (AvgIpc) is 3.96. The minimum atomic E-state index is -1.16. The molecule has 0 radical (unpaired) electrons. The Hall–Kier alpha value is -3.65. The quantitative estimate of drug-likeness (QED) is 0.103. The fourth-order valence-corrected chi connectivity index (χ4v) is 11.6. The number of aromatic amines is 2. The predicted octanol–water partition coefficient (Wildman–Crippen LogP) is 19.2. The zero-order valence-corrected chi connectivity index (χ0v) is 44.3. The predicted molar refractivity (Wildman–Crippen MR) is 288 cm³/mol. The lowest BCUT2D eigenvalue weighted by Crippen LogP contribution is -1.96. The van der Waals surface area contributed by atoms with E-state index < -0.39 is 5.97 Å². The van der Waals surface area contributed by atoms with Gasteiger partial charge in [-0.15, -0.1) is 0 Å². The zero-order valence-electron chi connectivity index (χ0n) is 35.2. The average molecular weight is 1160 g/mol. The molecule has 2 aliphatic rings. The number of nitrogens with zero attached hydrogens (tertiary/aromatic N) is 2. The van der Waals surface area contributed by atoms with Gasteiger partial charge in [0.25, 0.3) is 0 Å². The molecule has 8 nitrogen and oxygen atoms in total. The van der Waals surface area contributed by atoms with Gasteiger partial charge in [0.2, 0.25) is 0 Å². The van der Waals surface area contributed by atoms with E-state index in [2.05, 4.69) is 9.97 Å². The van der Waals surface area contributed by atoms with Crippen molar-refractivity contribution in [3.8, 4) is 44.5 Å². The minimum absolute atomic E-state index is 0.00519. The van der Waals surface area contributed by atoms with Crippen LogP contribution in [0.1, 0.15) is 49.8 Å². The zero-order chi connectivity index (χ0) is 49.5. The number of aromatic carboxylic acids is 1. The van der Waals surface area contributed by atoms with Crippen molar-refractivity contribution in [1.82, 2.24) is 19.9 Å². The van der Waals surface area contributed by atoms with E-state index in [1.165, 1.54) is 19.2 Å². The van der Waals surface area contributed by atoms with Gasteiger partial charge in [-0.25, -0.2) is 24.5 Å². The molecule has 9 rings (SSSR count). The second kappa shape index (κ2) is 19.8. The molecule has 3 aromatic heterocycles. The Bertz CT molecular complexity index is 3520. The summed E-state index contributed by atoms with van der Waals surface area (Å²) in [5.74, 6) is -1.16. The van der Waals surface area contributed by atoms with Crippen molar-refractivity contribution in [3.05, 3.63) is 158 Å². The second-order valence-electron chi connectivity index (χ2n) is 15.6. The lowest BCUT2D eigenvalue weighted by atomic mass is 10.0. The molecule has 8 bridgehead atoms. The molecule has 3 N–H and O–H groups in total. The topological polar surface area (TPSA) is 113 Å². The fraction of sp³-hybridized carbons (Fsp3) is 0.0816. The number of hydrogen-bond acceptors (Lipinski definition) is 5. The summed E-state index contributed by atoms with van der Waals surface area (Å²) in [4.78, 5) is 39.3. The highest BCUT2D eigenvalue weighted by Gasteiger charge is 2.33. The van der Waals surface area contributed by atoms with Gasteiger partial charge >= 0.3 is 5.97 Å². The molecule has 20 heteroatoms. The van der Waals surface area contributed by atoms with Crippen molar-refractivity contribution in [1.29, 1.82) is 0 Å². The van der Waals surface area contributed by atoms with E-state index in [1.807, 2.05) is 26.0 Å². The third-order valence-electron chi connectivity index (χ3n) is 11.3. The van der Waals surface area contributed by atoms with Crippen LogP contribution in [0.4, 0.5) is 0 Å².